The van der Waals surface area contributed by atoms with Crippen LogP contribution in [0.1, 0.15) is 11.3 Å². The van der Waals surface area contributed by atoms with Crippen molar-refractivity contribution < 1.29 is 4.79 Å². The molecule has 1 N–H and O–H groups in total. The van der Waals surface area contributed by atoms with Crippen molar-refractivity contribution in [3.63, 3.8) is 0 Å². The van der Waals surface area contributed by atoms with Gasteiger partial charge < -0.3 is 5.32 Å². The van der Waals surface area contributed by atoms with Crippen LogP contribution in [0.15, 0.2) is 41.4 Å². The van der Waals surface area contributed by atoms with Crippen molar-refractivity contribution in [1.29, 1.82) is 0 Å². The second kappa shape index (κ2) is 6.42. The number of rotatable bonds is 4. The number of amides is 1. The van der Waals surface area contributed by atoms with Crippen molar-refractivity contribution in [2.45, 2.75) is 18.9 Å². The number of pyridine rings is 1. The van der Waals surface area contributed by atoms with E-state index in [1.807, 2.05) is 44.3 Å². The van der Waals surface area contributed by atoms with E-state index >= 15 is 0 Å². The molecule has 0 radical (unpaired) electrons. The number of anilines is 1. The van der Waals surface area contributed by atoms with Gasteiger partial charge >= 0.3 is 0 Å². The monoisotopic (exact) mass is 326 g/mol. The zero-order valence-corrected chi connectivity index (χ0v) is 14.1. The molecule has 1 aromatic carbocycles. The maximum absolute atomic E-state index is 12.1. The fourth-order valence-corrected chi connectivity index (χ4v) is 3.21. The number of aromatic nitrogens is 3. The number of carbonyl (C=O) groups excluding carboxylic acids is 1. The lowest BCUT2D eigenvalue weighted by Gasteiger charge is -2.07. The Labute approximate surface area is 139 Å². The Hall–Kier alpha value is -2.34. The number of thioether (sulfide) groups is 1. The summed E-state index contributed by atoms with van der Waals surface area (Å²) in [6.45, 7) is 3.96. The van der Waals surface area contributed by atoms with Gasteiger partial charge in [0.2, 0.25) is 5.91 Å². The van der Waals surface area contributed by atoms with Crippen LogP contribution in [-0.2, 0) is 11.8 Å². The van der Waals surface area contributed by atoms with Crippen molar-refractivity contribution in [2.24, 2.45) is 7.05 Å². The molecule has 0 spiro atoms. The minimum absolute atomic E-state index is 0.0642. The summed E-state index contributed by atoms with van der Waals surface area (Å²) in [5.41, 5.74) is 3.00. The van der Waals surface area contributed by atoms with Crippen LogP contribution in [0.2, 0.25) is 0 Å². The van der Waals surface area contributed by atoms with Crippen LogP contribution in [0.4, 0.5) is 5.82 Å². The van der Waals surface area contributed by atoms with E-state index in [4.69, 9.17) is 0 Å². The van der Waals surface area contributed by atoms with E-state index in [2.05, 4.69) is 28.4 Å². The molecule has 2 aromatic heterocycles. The van der Waals surface area contributed by atoms with Gasteiger partial charge in [-0.1, -0.05) is 30.0 Å². The molecule has 5 nitrogen and oxygen atoms in total. The van der Waals surface area contributed by atoms with Gasteiger partial charge in [0.25, 0.3) is 0 Å². The first-order chi connectivity index (χ1) is 11.0. The Morgan fingerprint density at radius 3 is 2.78 bits per heavy atom. The van der Waals surface area contributed by atoms with Crippen LogP contribution >= 0.6 is 11.8 Å². The number of aryl methyl sites for hydroxylation is 3. The number of hydrogen-bond donors (Lipinski definition) is 1. The number of nitrogens with zero attached hydrogens (tertiary/aromatic N) is 3. The van der Waals surface area contributed by atoms with E-state index in [1.165, 1.54) is 17.3 Å². The van der Waals surface area contributed by atoms with Crippen LogP contribution in [-0.4, -0.2) is 26.4 Å². The lowest BCUT2D eigenvalue weighted by atomic mass is 10.1. The molecule has 3 rings (SSSR count). The highest BCUT2D eigenvalue weighted by Gasteiger charge is 2.09. The lowest BCUT2D eigenvalue weighted by molar-refractivity contribution is -0.113. The molecule has 1 amide bonds. The van der Waals surface area contributed by atoms with Gasteiger partial charge in [-0.25, -0.2) is 4.98 Å². The van der Waals surface area contributed by atoms with Gasteiger partial charge in [0.05, 0.1) is 22.0 Å². The van der Waals surface area contributed by atoms with E-state index in [1.54, 1.807) is 4.68 Å². The number of para-hydroxylation sites is 1. The molecule has 0 aliphatic carbocycles. The highest BCUT2D eigenvalue weighted by molar-refractivity contribution is 7.99. The van der Waals surface area contributed by atoms with Crippen LogP contribution in [0.5, 0.6) is 0 Å². The zero-order chi connectivity index (χ0) is 16.4. The molecule has 0 aliphatic heterocycles. The molecule has 3 aromatic rings. The van der Waals surface area contributed by atoms with Crippen LogP contribution in [0.3, 0.4) is 0 Å². The first-order valence-corrected chi connectivity index (χ1v) is 8.31. The van der Waals surface area contributed by atoms with Gasteiger partial charge in [-0.3, -0.25) is 9.48 Å². The van der Waals surface area contributed by atoms with Gasteiger partial charge in [-0.05, 0) is 31.5 Å². The van der Waals surface area contributed by atoms with Gasteiger partial charge in [0, 0.05) is 18.5 Å². The Kier molecular flexibility index (Phi) is 4.34. The summed E-state index contributed by atoms with van der Waals surface area (Å²) in [6, 6.07) is 11.9. The topological polar surface area (TPSA) is 59.8 Å². The Bertz CT molecular complexity index is 872. The van der Waals surface area contributed by atoms with Gasteiger partial charge in [0.15, 0.2) is 0 Å². The molecular weight excluding hydrogens is 308 g/mol. The summed E-state index contributed by atoms with van der Waals surface area (Å²) in [5.74, 6) is 0.955. The molecule has 6 heteroatoms. The van der Waals surface area contributed by atoms with Crippen molar-refractivity contribution in [1.82, 2.24) is 14.8 Å². The maximum Gasteiger partial charge on any atom is 0.235 e. The predicted molar refractivity (Wildman–Crippen MR) is 93.8 cm³/mol. The molecule has 0 atom stereocenters. The normalized spacial score (nSPS) is 10.9. The average molecular weight is 326 g/mol. The average Bonchev–Trinajstić information content (AvgIpc) is 2.83. The second-order valence-corrected chi connectivity index (χ2v) is 6.42. The molecule has 0 aliphatic rings. The molecule has 0 saturated heterocycles. The number of fused-ring (bicyclic) bond motifs is 1. The first-order valence-electron chi connectivity index (χ1n) is 7.32. The van der Waals surface area contributed by atoms with E-state index in [0.29, 0.717) is 11.6 Å². The standard InChI is InChI=1S/C17H18N4OS/c1-11-8-17(18-14-7-5-4-6-13(11)14)23-10-16(22)19-15-9-12(2)20-21(15)3/h4-9H,10H2,1-3H3,(H,19,22). The fraction of sp³-hybridized carbons (Fsp3) is 0.235. The Morgan fingerprint density at radius 1 is 1.26 bits per heavy atom. The van der Waals surface area contributed by atoms with Gasteiger partial charge in [-0.15, -0.1) is 0 Å². The van der Waals surface area contributed by atoms with E-state index in [9.17, 15) is 4.79 Å². The minimum atomic E-state index is -0.0642. The highest BCUT2D eigenvalue weighted by atomic mass is 32.2. The van der Waals surface area contributed by atoms with Crippen LogP contribution in [0, 0.1) is 13.8 Å². The second-order valence-electron chi connectivity index (χ2n) is 5.43. The van der Waals surface area contributed by atoms with Gasteiger partial charge in [0.1, 0.15) is 5.82 Å². The van der Waals surface area contributed by atoms with Gasteiger partial charge in [-0.2, -0.15) is 5.10 Å². The summed E-state index contributed by atoms with van der Waals surface area (Å²) < 4.78 is 1.66. The van der Waals surface area contributed by atoms with Crippen molar-refractivity contribution in [2.75, 3.05) is 11.1 Å². The minimum Gasteiger partial charge on any atom is -0.310 e. The highest BCUT2D eigenvalue weighted by Crippen LogP contribution is 2.23. The molecule has 2 heterocycles. The Morgan fingerprint density at radius 2 is 2.04 bits per heavy atom. The SMILES string of the molecule is Cc1cc(NC(=O)CSc2cc(C)c3ccccc3n2)n(C)n1. The first kappa shape index (κ1) is 15.6. The molecular formula is C17H18N4OS. The summed E-state index contributed by atoms with van der Waals surface area (Å²) in [7, 11) is 1.81. The largest absolute Gasteiger partial charge is 0.310 e. The number of nitrogens with one attached hydrogen (secondary N) is 1. The molecule has 118 valence electrons. The van der Waals surface area contributed by atoms with Crippen LogP contribution in [0.25, 0.3) is 10.9 Å². The number of hydrogen-bond acceptors (Lipinski definition) is 4. The summed E-state index contributed by atoms with van der Waals surface area (Å²) in [4.78, 5) is 16.7. The summed E-state index contributed by atoms with van der Waals surface area (Å²) in [5, 5.41) is 9.08. The molecule has 0 fully saturated rings. The van der Waals surface area contributed by atoms with Crippen molar-refractivity contribution in [3.05, 3.63) is 47.7 Å². The molecule has 0 bridgehead atoms. The smallest absolute Gasteiger partial charge is 0.235 e. The lowest BCUT2D eigenvalue weighted by Crippen LogP contribution is -2.16. The third-order valence-corrected chi connectivity index (χ3v) is 4.43. The van der Waals surface area contributed by atoms with E-state index < -0.39 is 0 Å². The third kappa shape index (κ3) is 3.53. The van der Waals surface area contributed by atoms with Crippen molar-refractivity contribution in [3.8, 4) is 0 Å². The quantitative estimate of drug-likeness (QED) is 0.747. The number of carbonyl (C=O) groups is 1. The number of benzene rings is 1. The Balaban J connectivity index is 1.68. The summed E-state index contributed by atoms with van der Waals surface area (Å²) in [6.07, 6.45) is 0. The maximum atomic E-state index is 12.1. The summed E-state index contributed by atoms with van der Waals surface area (Å²) >= 11 is 1.44. The van der Waals surface area contributed by atoms with E-state index in [-0.39, 0.29) is 5.91 Å². The fourth-order valence-electron chi connectivity index (χ4n) is 2.44. The third-order valence-electron chi connectivity index (χ3n) is 3.52. The predicted octanol–water partition coefficient (Wildman–Crippen LogP) is 3.32. The van der Waals surface area contributed by atoms with Crippen molar-refractivity contribution >= 4 is 34.4 Å². The van der Waals surface area contributed by atoms with E-state index in [0.717, 1.165) is 21.6 Å². The zero-order valence-electron chi connectivity index (χ0n) is 13.3. The molecule has 0 saturated carbocycles. The van der Waals surface area contributed by atoms with Crippen LogP contribution < -0.4 is 5.32 Å². The molecule has 23 heavy (non-hydrogen) atoms. The molecule has 0 unspecified atom stereocenters.